The fourth-order valence-corrected chi connectivity index (χ4v) is 2.25. The first-order valence-corrected chi connectivity index (χ1v) is 6.27. The zero-order chi connectivity index (χ0) is 13.1. The fraction of sp³-hybridized carbons (Fsp3) is 0.429. The molecule has 2 rings (SSSR count). The average Bonchev–Trinajstić information content (AvgIpc) is 2.65. The Morgan fingerprint density at radius 1 is 1.33 bits per heavy atom. The topological polar surface area (TPSA) is 42.7 Å². The van der Waals surface area contributed by atoms with E-state index in [1.54, 1.807) is 0 Å². The Morgan fingerprint density at radius 2 is 2.11 bits per heavy atom. The lowest BCUT2D eigenvalue weighted by Gasteiger charge is -2.18. The molecule has 4 nitrogen and oxygen atoms in total. The molecular weight excluding hydrogens is 224 g/mol. The van der Waals surface area contributed by atoms with Gasteiger partial charge in [0.15, 0.2) is 0 Å². The number of rotatable bonds is 4. The third-order valence-corrected chi connectivity index (χ3v) is 3.00. The van der Waals surface area contributed by atoms with E-state index in [0.29, 0.717) is 0 Å². The number of hydrogen-bond donors (Lipinski definition) is 1. The SMILES string of the molecule is CCNC(c1cncc(C)c1)c1cn(C)nc1C. The van der Waals surface area contributed by atoms with E-state index in [-0.39, 0.29) is 6.04 Å². The van der Waals surface area contributed by atoms with Crippen LogP contribution in [0.25, 0.3) is 0 Å². The van der Waals surface area contributed by atoms with Crippen molar-refractivity contribution >= 4 is 0 Å². The van der Waals surface area contributed by atoms with Crippen LogP contribution in [0.1, 0.15) is 35.3 Å². The molecule has 2 heterocycles. The highest BCUT2D eigenvalue weighted by Gasteiger charge is 2.17. The predicted octanol–water partition coefficient (Wildman–Crippen LogP) is 2.13. The molecule has 0 bridgehead atoms. The van der Waals surface area contributed by atoms with Gasteiger partial charge in [0.1, 0.15) is 0 Å². The number of pyridine rings is 1. The van der Waals surface area contributed by atoms with Gasteiger partial charge in [-0.2, -0.15) is 5.10 Å². The summed E-state index contributed by atoms with van der Waals surface area (Å²) >= 11 is 0. The maximum atomic E-state index is 4.42. The number of nitrogens with zero attached hydrogens (tertiary/aromatic N) is 3. The van der Waals surface area contributed by atoms with Gasteiger partial charge in [0.2, 0.25) is 0 Å². The quantitative estimate of drug-likeness (QED) is 0.896. The van der Waals surface area contributed by atoms with E-state index in [1.165, 1.54) is 16.7 Å². The first-order valence-electron chi connectivity index (χ1n) is 6.27. The van der Waals surface area contributed by atoms with Gasteiger partial charge < -0.3 is 5.32 Å². The van der Waals surface area contributed by atoms with E-state index >= 15 is 0 Å². The van der Waals surface area contributed by atoms with Crippen molar-refractivity contribution < 1.29 is 0 Å². The molecule has 0 amide bonds. The zero-order valence-electron chi connectivity index (χ0n) is 11.4. The summed E-state index contributed by atoms with van der Waals surface area (Å²) < 4.78 is 1.86. The monoisotopic (exact) mass is 244 g/mol. The first-order chi connectivity index (χ1) is 8.61. The summed E-state index contributed by atoms with van der Waals surface area (Å²) in [7, 11) is 1.95. The van der Waals surface area contributed by atoms with Gasteiger partial charge in [-0.1, -0.05) is 13.0 Å². The Bertz CT molecular complexity index is 530. The van der Waals surface area contributed by atoms with Crippen LogP contribution in [-0.4, -0.2) is 21.3 Å². The Balaban J connectivity index is 2.42. The van der Waals surface area contributed by atoms with Gasteiger partial charge in [-0.25, -0.2) is 0 Å². The second-order valence-corrected chi connectivity index (χ2v) is 4.63. The van der Waals surface area contributed by atoms with Crippen LogP contribution in [0.15, 0.2) is 24.7 Å². The van der Waals surface area contributed by atoms with E-state index in [4.69, 9.17) is 0 Å². The van der Waals surface area contributed by atoms with Crippen LogP contribution in [0, 0.1) is 13.8 Å². The fourth-order valence-electron chi connectivity index (χ4n) is 2.25. The van der Waals surface area contributed by atoms with Crippen LogP contribution in [0.2, 0.25) is 0 Å². The van der Waals surface area contributed by atoms with Gasteiger partial charge in [0, 0.05) is 31.2 Å². The highest BCUT2D eigenvalue weighted by molar-refractivity contribution is 5.32. The third kappa shape index (κ3) is 2.59. The standard InChI is InChI=1S/C14H20N4/c1-5-16-14(12-6-10(2)7-15-8-12)13-9-18(4)17-11(13)3/h6-9,14,16H,5H2,1-4H3. The lowest BCUT2D eigenvalue weighted by atomic mass is 10.00. The van der Waals surface area contributed by atoms with E-state index in [2.05, 4.69) is 41.5 Å². The van der Waals surface area contributed by atoms with E-state index in [1.807, 2.05) is 31.0 Å². The van der Waals surface area contributed by atoms with Gasteiger partial charge >= 0.3 is 0 Å². The average molecular weight is 244 g/mol. The molecule has 1 atom stereocenters. The number of aryl methyl sites for hydroxylation is 3. The van der Waals surface area contributed by atoms with Gasteiger partial charge in [-0.05, 0) is 31.5 Å². The second kappa shape index (κ2) is 5.31. The molecule has 1 N–H and O–H groups in total. The Hall–Kier alpha value is -1.68. The molecule has 96 valence electrons. The van der Waals surface area contributed by atoms with Crippen LogP contribution in [0.5, 0.6) is 0 Å². The molecule has 0 saturated carbocycles. The summed E-state index contributed by atoms with van der Waals surface area (Å²) in [5, 5.41) is 7.92. The zero-order valence-corrected chi connectivity index (χ0v) is 11.4. The highest BCUT2D eigenvalue weighted by atomic mass is 15.3. The maximum absolute atomic E-state index is 4.42. The van der Waals surface area contributed by atoms with Crippen molar-refractivity contribution in [2.45, 2.75) is 26.8 Å². The number of hydrogen-bond acceptors (Lipinski definition) is 3. The number of aromatic nitrogens is 3. The first kappa shape index (κ1) is 12.8. The number of nitrogens with one attached hydrogen (secondary N) is 1. The Morgan fingerprint density at radius 3 is 2.67 bits per heavy atom. The molecule has 0 fully saturated rings. The molecule has 0 radical (unpaired) electrons. The van der Waals surface area contributed by atoms with Crippen molar-refractivity contribution in [2.75, 3.05) is 6.54 Å². The molecule has 18 heavy (non-hydrogen) atoms. The molecule has 1 unspecified atom stereocenters. The summed E-state index contributed by atoms with van der Waals surface area (Å²) in [6.45, 7) is 7.13. The molecule has 0 aromatic carbocycles. The summed E-state index contributed by atoms with van der Waals surface area (Å²) in [5.74, 6) is 0. The minimum absolute atomic E-state index is 0.163. The second-order valence-electron chi connectivity index (χ2n) is 4.63. The Kier molecular flexibility index (Phi) is 3.77. The molecule has 0 saturated heterocycles. The summed E-state index contributed by atoms with van der Waals surface area (Å²) in [6.07, 6.45) is 5.88. The van der Waals surface area contributed by atoms with Crippen molar-refractivity contribution in [3.8, 4) is 0 Å². The van der Waals surface area contributed by atoms with Crippen molar-refractivity contribution in [3.63, 3.8) is 0 Å². The van der Waals surface area contributed by atoms with Crippen LogP contribution in [0.4, 0.5) is 0 Å². The van der Waals surface area contributed by atoms with Crippen molar-refractivity contribution in [2.24, 2.45) is 7.05 Å². The molecule has 4 heteroatoms. The molecule has 0 spiro atoms. The van der Waals surface area contributed by atoms with Crippen molar-refractivity contribution in [1.29, 1.82) is 0 Å². The van der Waals surface area contributed by atoms with Gasteiger partial charge in [-0.3, -0.25) is 9.67 Å². The lowest BCUT2D eigenvalue weighted by Crippen LogP contribution is -2.22. The highest BCUT2D eigenvalue weighted by Crippen LogP contribution is 2.24. The smallest absolute Gasteiger partial charge is 0.0644 e. The third-order valence-electron chi connectivity index (χ3n) is 3.00. The summed E-state index contributed by atoms with van der Waals surface area (Å²) in [5.41, 5.74) is 4.64. The van der Waals surface area contributed by atoms with Crippen LogP contribution in [0.3, 0.4) is 0 Å². The van der Waals surface area contributed by atoms with Crippen LogP contribution in [-0.2, 0) is 7.05 Å². The summed E-state index contributed by atoms with van der Waals surface area (Å²) in [6, 6.07) is 2.34. The van der Waals surface area contributed by atoms with Gasteiger partial charge in [0.25, 0.3) is 0 Å². The van der Waals surface area contributed by atoms with E-state index in [9.17, 15) is 0 Å². The maximum Gasteiger partial charge on any atom is 0.0644 e. The minimum atomic E-state index is 0.163. The van der Waals surface area contributed by atoms with Crippen molar-refractivity contribution in [3.05, 3.63) is 47.0 Å². The lowest BCUT2D eigenvalue weighted by molar-refractivity contribution is 0.625. The molecule has 2 aromatic heterocycles. The van der Waals surface area contributed by atoms with E-state index in [0.717, 1.165) is 12.2 Å². The van der Waals surface area contributed by atoms with Crippen LogP contribution < -0.4 is 5.32 Å². The molecule has 2 aromatic rings. The van der Waals surface area contributed by atoms with E-state index < -0.39 is 0 Å². The Labute approximate surface area is 108 Å². The molecule has 0 aliphatic carbocycles. The minimum Gasteiger partial charge on any atom is -0.306 e. The molecular formula is C14H20N4. The summed E-state index contributed by atoms with van der Waals surface area (Å²) in [4.78, 5) is 4.28. The largest absolute Gasteiger partial charge is 0.306 e. The molecule has 0 aliphatic rings. The van der Waals surface area contributed by atoms with Gasteiger partial charge in [0.05, 0.1) is 11.7 Å². The predicted molar refractivity (Wildman–Crippen MR) is 72.4 cm³/mol. The van der Waals surface area contributed by atoms with Crippen LogP contribution >= 0.6 is 0 Å². The molecule has 0 aliphatic heterocycles. The van der Waals surface area contributed by atoms with Crippen molar-refractivity contribution in [1.82, 2.24) is 20.1 Å². The normalized spacial score (nSPS) is 12.7. The van der Waals surface area contributed by atoms with Gasteiger partial charge in [-0.15, -0.1) is 0 Å².